The van der Waals surface area contributed by atoms with Crippen LogP contribution in [0.25, 0.3) is 0 Å². The van der Waals surface area contributed by atoms with E-state index in [-0.39, 0.29) is 11.4 Å². The van der Waals surface area contributed by atoms with Crippen LogP contribution in [0.5, 0.6) is 0 Å². The molecule has 0 aliphatic heterocycles. The zero-order valence-electron chi connectivity index (χ0n) is 11.5. The molecule has 0 aromatic heterocycles. The van der Waals surface area contributed by atoms with Gasteiger partial charge in [-0.2, -0.15) is 13.2 Å². The van der Waals surface area contributed by atoms with E-state index in [9.17, 15) is 22.4 Å². The van der Waals surface area contributed by atoms with Gasteiger partial charge in [0.25, 0.3) is 0 Å². The molecule has 0 bridgehead atoms. The van der Waals surface area contributed by atoms with Crippen molar-refractivity contribution in [3.8, 4) is 0 Å². The lowest BCUT2D eigenvalue weighted by molar-refractivity contribution is -0.137. The van der Waals surface area contributed by atoms with Gasteiger partial charge >= 0.3 is 12.2 Å². The number of aryl methyl sites for hydroxylation is 1. The largest absolute Gasteiger partial charge is 0.416 e. The second kappa shape index (κ2) is 6.05. The van der Waals surface area contributed by atoms with Crippen molar-refractivity contribution in [2.45, 2.75) is 13.1 Å². The Balaban J connectivity index is 2.03. The van der Waals surface area contributed by atoms with Crippen LogP contribution in [0.3, 0.4) is 0 Å². The fraction of sp³-hybridized carbons (Fsp3) is 0.133. The zero-order valence-corrected chi connectivity index (χ0v) is 11.5. The molecular weight excluding hydrogens is 300 g/mol. The quantitative estimate of drug-likeness (QED) is 0.769. The van der Waals surface area contributed by atoms with E-state index in [0.717, 1.165) is 24.3 Å². The van der Waals surface area contributed by atoms with Crippen molar-refractivity contribution in [3.05, 3.63) is 59.4 Å². The second-order valence-corrected chi connectivity index (χ2v) is 4.64. The molecular formula is C15H12F4N2O. The summed E-state index contributed by atoms with van der Waals surface area (Å²) in [5.74, 6) is -0.595. The Labute approximate surface area is 124 Å². The van der Waals surface area contributed by atoms with Gasteiger partial charge in [0, 0.05) is 5.69 Å². The Morgan fingerprint density at radius 1 is 1.00 bits per heavy atom. The summed E-state index contributed by atoms with van der Waals surface area (Å²) in [5.41, 5.74) is 0.0299. The summed E-state index contributed by atoms with van der Waals surface area (Å²) < 4.78 is 50.8. The lowest BCUT2D eigenvalue weighted by Crippen LogP contribution is -2.20. The van der Waals surface area contributed by atoms with E-state index in [0.29, 0.717) is 5.56 Å². The Morgan fingerprint density at radius 3 is 2.18 bits per heavy atom. The van der Waals surface area contributed by atoms with Gasteiger partial charge in [-0.05, 0) is 48.9 Å². The molecule has 2 aromatic rings. The Kier molecular flexibility index (Phi) is 4.35. The zero-order chi connectivity index (χ0) is 16.3. The van der Waals surface area contributed by atoms with E-state index in [1.54, 1.807) is 13.0 Å². The van der Waals surface area contributed by atoms with Gasteiger partial charge < -0.3 is 10.6 Å². The number of carbonyl (C=O) groups is 1. The SMILES string of the molecule is Cc1ccc(NC(=O)Nc2ccc(C(F)(F)F)cc2)c(F)c1. The first kappa shape index (κ1) is 15.8. The van der Waals surface area contributed by atoms with Crippen molar-refractivity contribution in [1.82, 2.24) is 0 Å². The van der Waals surface area contributed by atoms with Crippen molar-refractivity contribution >= 4 is 17.4 Å². The van der Waals surface area contributed by atoms with Crippen LogP contribution in [0.2, 0.25) is 0 Å². The van der Waals surface area contributed by atoms with Gasteiger partial charge in [-0.25, -0.2) is 9.18 Å². The topological polar surface area (TPSA) is 41.1 Å². The summed E-state index contributed by atoms with van der Waals surface area (Å²) in [4.78, 5) is 11.7. The second-order valence-electron chi connectivity index (χ2n) is 4.64. The molecule has 0 spiro atoms. The number of benzene rings is 2. The van der Waals surface area contributed by atoms with Crippen LogP contribution in [0.4, 0.5) is 33.7 Å². The number of carbonyl (C=O) groups excluding carboxylic acids is 1. The highest BCUT2D eigenvalue weighted by Gasteiger charge is 2.29. The lowest BCUT2D eigenvalue weighted by Gasteiger charge is -2.10. The Morgan fingerprint density at radius 2 is 1.64 bits per heavy atom. The van der Waals surface area contributed by atoms with Crippen LogP contribution in [0, 0.1) is 12.7 Å². The van der Waals surface area contributed by atoms with Crippen LogP contribution in [0.15, 0.2) is 42.5 Å². The van der Waals surface area contributed by atoms with Crippen molar-refractivity contribution in [3.63, 3.8) is 0 Å². The summed E-state index contributed by atoms with van der Waals surface area (Å²) in [6.45, 7) is 1.70. The van der Waals surface area contributed by atoms with Crippen LogP contribution in [-0.2, 0) is 6.18 Å². The third kappa shape index (κ3) is 3.97. The Bertz CT molecular complexity index is 681. The van der Waals surface area contributed by atoms with Crippen LogP contribution >= 0.6 is 0 Å². The fourth-order valence-corrected chi connectivity index (χ4v) is 1.75. The van der Waals surface area contributed by atoms with Gasteiger partial charge in [-0.15, -0.1) is 0 Å². The molecule has 0 saturated heterocycles. The number of hydrogen-bond acceptors (Lipinski definition) is 1. The minimum absolute atomic E-state index is 0.0185. The minimum atomic E-state index is -4.44. The molecule has 22 heavy (non-hydrogen) atoms. The van der Waals surface area contributed by atoms with E-state index in [1.165, 1.54) is 12.1 Å². The van der Waals surface area contributed by atoms with E-state index in [1.807, 2.05) is 0 Å². The molecule has 2 amide bonds. The first-order chi connectivity index (χ1) is 10.3. The first-order valence-electron chi connectivity index (χ1n) is 6.27. The van der Waals surface area contributed by atoms with Crippen LogP contribution in [0.1, 0.15) is 11.1 Å². The molecule has 0 fully saturated rings. The molecule has 0 unspecified atom stereocenters. The standard InChI is InChI=1S/C15H12F4N2O/c1-9-2-7-13(12(16)8-9)21-14(22)20-11-5-3-10(4-6-11)15(17,18)19/h2-8H,1H3,(H2,20,21,22). The highest BCUT2D eigenvalue weighted by atomic mass is 19.4. The molecule has 2 rings (SSSR count). The number of rotatable bonds is 2. The molecule has 3 nitrogen and oxygen atoms in total. The number of amides is 2. The summed E-state index contributed by atoms with van der Waals surface area (Å²) in [7, 11) is 0. The molecule has 0 aliphatic carbocycles. The van der Waals surface area contributed by atoms with E-state index in [2.05, 4.69) is 10.6 Å². The fourth-order valence-electron chi connectivity index (χ4n) is 1.75. The molecule has 7 heteroatoms. The molecule has 0 heterocycles. The Hall–Kier alpha value is -2.57. The van der Waals surface area contributed by atoms with Gasteiger partial charge in [0.15, 0.2) is 0 Å². The van der Waals surface area contributed by atoms with Crippen molar-refractivity contribution in [2.24, 2.45) is 0 Å². The summed E-state index contributed by atoms with van der Waals surface area (Å²) in [6.07, 6.45) is -4.44. The average Bonchev–Trinajstić information content (AvgIpc) is 2.41. The van der Waals surface area contributed by atoms with E-state index >= 15 is 0 Å². The normalized spacial score (nSPS) is 11.1. The molecule has 0 radical (unpaired) electrons. The van der Waals surface area contributed by atoms with Crippen LogP contribution in [-0.4, -0.2) is 6.03 Å². The summed E-state index contributed by atoms with van der Waals surface area (Å²) >= 11 is 0. The molecule has 116 valence electrons. The number of urea groups is 1. The number of anilines is 2. The highest BCUT2D eigenvalue weighted by Crippen LogP contribution is 2.29. The van der Waals surface area contributed by atoms with Crippen molar-refractivity contribution < 1.29 is 22.4 Å². The van der Waals surface area contributed by atoms with Crippen LogP contribution < -0.4 is 10.6 Å². The maximum absolute atomic E-state index is 13.6. The monoisotopic (exact) mass is 312 g/mol. The van der Waals surface area contributed by atoms with Crippen molar-refractivity contribution in [2.75, 3.05) is 10.6 Å². The minimum Gasteiger partial charge on any atom is -0.308 e. The predicted octanol–water partition coefficient (Wildman–Crippen LogP) is 4.80. The number of alkyl halides is 3. The number of nitrogens with one attached hydrogen (secondary N) is 2. The third-order valence-electron chi connectivity index (χ3n) is 2.84. The number of hydrogen-bond donors (Lipinski definition) is 2. The predicted molar refractivity (Wildman–Crippen MR) is 75.2 cm³/mol. The maximum atomic E-state index is 13.6. The van der Waals surface area contributed by atoms with Gasteiger partial charge in [0.2, 0.25) is 0 Å². The van der Waals surface area contributed by atoms with E-state index < -0.39 is 23.6 Å². The average molecular weight is 312 g/mol. The maximum Gasteiger partial charge on any atom is 0.416 e. The third-order valence-corrected chi connectivity index (χ3v) is 2.84. The van der Waals surface area contributed by atoms with Gasteiger partial charge in [-0.3, -0.25) is 0 Å². The molecule has 2 aromatic carbocycles. The number of halogens is 4. The highest BCUT2D eigenvalue weighted by molar-refractivity contribution is 5.99. The van der Waals surface area contributed by atoms with Crippen molar-refractivity contribution in [1.29, 1.82) is 0 Å². The lowest BCUT2D eigenvalue weighted by atomic mass is 10.2. The summed E-state index contributed by atoms with van der Waals surface area (Å²) in [5, 5.41) is 4.61. The van der Waals surface area contributed by atoms with Gasteiger partial charge in [0.1, 0.15) is 5.82 Å². The van der Waals surface area contributed by atoms with E-state index in [4.69, 9.17) is 0 Å². The molecule has 0 saturated carbocycles. The molecule has 2 N–H and O–H groups in total. The molecule has 0 aliphatic rings. The summed E-state index contributed by atoms with van der Waals surface area (Å²) in [6, 6.07) is 7.47. The molecule has 0 atom stereocenters. The van der Waals surface area contributed by atoms with Gasteiger partial charge in [0.05, 0.1) is 11.3 Å². The first-order valence-corrected chi connectivity index (χ1v) is 6.27. The van der Waals surface area contributed by atoms with Gasteiger partial charge in [-0.1, -0.05) is 6.07 Å². The smallest absolute Gasteiger partial charge is 0.308 e.